The molecule has 0 saturated carbocycles. The zero-order valence-corrected chi connectivity index (χ0v) is 17.1. The number of rotatable bonds is 6. The van der Waals surface area contributed by atoms with Crippen LogP contribution in [0.15, 0.2) is 53.4 Å². The van der Waals surface area contributed by atoms with Gasteiger partial charge < -0.3 is 14.4 Å². The lowest BCUT2D eigenvalue weighted by Gasteiger charge is -2.32. The van der Waals surface area contributed by atoms with Crippen molar-refractivity contribution in [2.24, 2.45) is 0 Å². The molecule has 2 aliphatic heterocycles. The van der Waals surface area contributed by atoms with Crippen LogP contribution in [-0.4, -0.2) is 42.0 Å². The van der Waals surface area contributed by atoms with Crippen LogP contribution in [0.1, 0.15) is 42.7 Å². The standard InChI is InChI=1S/C23H30N2OS/c1-24-18-27(26)23-17-19(10-11-22(23)24)7-5-6-14-25-15-12-21(13-16-25)20-8-3-2-4-9-20/h2-4,8-11,17,21H,5-7,12-16,18H2,1H3. The first-order valence-electron chi connectivity index (χ1n) is 10.2. The highest BCUT2D eigenvalue weighted by Crippen LogP contribution is 2.33. The maximum Gasteiger partial charge on any atom is 0.183 e. The van der Waals surface area contributed by atoms with Gasteiger partial charge in [0, 0.05) is 18.2 Å². The summed E-state index contributed by atoms with van der Waals surface area (Å²) < 4.78 is 12.2. The zero-order valence-electron chi connectivity index (χ0n) is 16.3. The third-order valence-corrected chi connectivity index (χ3v) is 7.48. The number of aryl methyl sites for hydroxylation is 1. The van der Waals surface area contributed by atoms with E-state index in [9.17, 15) is 4.55 Å². The molecule has 0 aliphatic carbocycles. The molecule has 2 aromatic carbocycles. The summed E-state index contributed by atoms with van der Waals surface area (Å²) in [5.41, 5.74) is 3.98. The van der Waals surface area contributed by atoms with Crippen LogP contribution in [-0.2, 0) is 17.6 Å². The fourth-order valence-corrected chi connectivity index (χ4v) is 5.78. The molecule has 144 valence electrons. The van der Waals surface area contributed by atoms with Gasteiger partial charge in [0.1, 0.15) is 0 Å². The molecule has 2 heterocycles. The van der Waals surface area contributed by atoms with Gasteiger partial charge in [0.25, 0.3) is 0 Å². The maximum atomic E-state index is 12.2. The molecule has 0 radical (unpaired) electrons. The Bertz CT molecular complexity index is 743. The number of anilines is 1. The lowest BCUT2D eigenvalue weighted by molar-refractivity contribution is 0.209. The van der Waals surface area contributed by atoms with Gasteiger partial charge in [0.2, 0.25) is 0 Å². The summed E-state index contributed by atoms with van der Waals surface area (Å²) >= 11 is -0.851. The maximum absolute atomic E-state index is 12.2. The molecule has 4 rings (SSSR count). The first kappa shape index (κ1) is 18.9. The smallest absolute Gasteiger partial charge is 0.183 e. The van der Waals surface area contributed by atoms with Gasteiger partial charge in [0.15, 0.2) is 10.8 Å². The molecule has 1 saturated heterocycles. The summed E-state index contributed by atoms with van der Waals surface area (Å²) in [6.07, 6.45) is 6.12. The Hall–Kier alpha value is -1.49. The quantitative estimate of drug-likeness (QED) is 0.548. The highest BCUT2D eigenvalue weighted by molar-refractivity contribution is 7.92. The number of fused-ring (bicyclic) bond motifs is 1. The van der Waals surface area contributed by atoms with Gasteiger partial charge in [-0.3, -0.25) is 0 Å². The Labute approximate surface area is 166 Å². The Morgan fingerprint density at radius 1 is 1.04 bits per heavy atom. The summed E-state index contributed by atoms with van der Waals surface area (Å²) in [5, 5.41) is 0. The Balaban J connectivity index is 1.19. The number of hydrogen-bond donors (Lipinski definition) is 0. The summed E-state index contributed by atoms with van der Waals surface area (Å²) in [4.78, 5) is 5.75. The molecule has 1 fully saturated rings. The van der Waals surface area contributed by atoms with E-state index in [1.807, 2.05) is 7.05 Å². The van der Waals surface area contributed by atoms with Crippen molar-refractivity contribution in [3.8, 4) is 0 Å². The third kappa shape index (κ3) is 4.50. The van der Waals surface area contributed by atoms with Gasteiger partial charge >= 0.3 is 0 Å². The lowest BCUT2D eigenvalue weighted by Crippen LogP contribution is -2.33. The molecule has 4 heteroatoms. The van der Waals surface area contributed by atoms with Crippen LogP contribution in [0.3, 0.4) is 0 Å². The lowest BCUT2D eigenvalue weighted by atomic mass is 9.89. The molecular formula is C23H30N2OS. The van der Waals surface area contributed by atoms with Gasteiger partial charge in [0.05, 0.1) is 5.69 Å². The Kier molecular flexibility index (Phi) is 6.06. The zero-order chi connectivity index (χ0) is 18.6. The van der Waals surface area contributed by atoms with E-state index in [1.54, 1.807) is 0 Å². The van der Waals surface area contributed by atoms with E-state index in [-0.39, 0.29) is 0 Å². The van der Waals surface area contributed by atoms with Crippen LogP contribution >= 0.6 is 0 Å². The van der Waals surface area contributed by atoms with E-state index in [1.165, 1.54) is 56.4 Å². The Morgan fingerprint density at radius 3 is 2.59 bits per heavy atom. The van der Waals surface area contributed by atoms with Gasteiger partial charge in [-0.05, 0) is 80.9 Å². The highest BCUT2D eigenvalue weighted by Gasteiger charge is 2.28. The third-order valence-electron chi connectivity index (χ3n) is 6.04. The van der Waals surface area contributed by atoms with Crippen molar-refractivity contribution in [1.82, 2.24) is 4.90 Å². The van der Waals surface area contributed by atoms with E-state index in [0.29, 0.717) is 5.88 Å². The molecule has 27 heavy (non-hydrogen) atoms. The number of nitrogens with zero attached hydrogens (tertiary/aromatic N) is 2. The predicted molar refractivity (Wildman–Crippen MR) is 114 cm³/mol. The summed E-state index contributed by atoms with van der Waals surface area (Å²) in [6.45, 7) is 3.66. The van der Waals surface area contributed by atoms with Crippen LogP contribution in [0.5, 0.6) is 0 Å². The predicted octanol–water partition coefficient (Wildman–Crippen LogP) is 4.40. The molecule has 2 aromatic rings. The van der Waals surface area contributed by atoms with Gasteiger partial charge in [-0.25, -0.2) is 0 Å². The van der Waals surface area contributed by atoms with E-state index < -0.39 is 11.2 Å². The average Bonchev–Trinajstić information content (AvgIpc) is 3.00. The molecular weight excluding hydrogens is 352 g/mol. The monoisotopic (exact) mass is 382 g/mol. The topological polar surface area (TPSA) is 29.5 Å². The van der Waals surface area contributed by atoms with Crippen molar-refractivity contribution >= 4 is 16.9 Å². The van der Waals surface area contributed by atoms with Crippen molar-refractivity contribution < 1.29 is 4.55 Å². The van der Waals surface area contributed by atoms with Gasteiger partial charge in [-0.1, -0.05) is 36.4 Å². The SMILES string of the molecule is CN1C[S+]([O-])c2cc(CCCCN3CCC(c4ccccc4)CC3)ccc21. The van der Waals surface area contributed by atoms with Gasteiger partial charge in [-0.2, -0.15) is 0 Å². The second kappa shape index (κ2) is 8.68. The molecule has 0 spiro atoms. The number of likely N-dealkylation sites (tertiary alicyclic amines) is 1. The molecule has 0 bridgehead atoms. The molecule has 1 atom stereocenters. The molecule has 1 unspecified atom stereocenters. The van der Waals surface area contributed by atoms with Gasteiger partial charge in [-0.15, -0.1) is 0 Å². The minimum atomic E-state index is -0.851. The molecule has 2 aliphatic rings. The van der Waals surface area contributed by atoms with Crippen molar-refractivity contribution in [2.75, 3.05) is 37.5 Å². The van der Waals surface area contributed by atoms with E-state index in [4.69, 9.17) is 0 Å². The van der Waals surface area contributed by atoms with Crippen molar-refractivity contribution in [1.29, 1.82) is 0 Å². The fraction of sp³-hybridized carbons (Fsp3) is 0.478. The fourth-order valence-electron chi connectivity index (χ4n) is 4.41. The largest absolute Gasteiger partial charge is 0.610 e. The summed E-state index contributed by atoms with van der Waals surface area (Å²) in [6, 6.07) is 17.5. The van der Waals surface area contributed by atoms with Crippen LogP contribution < -0.4 is 4.90 Å². The summed E-state index contributed by atoms with van der Waals surface area (Å²) in [5.74, 6) is 1.38. The van der Waals surface area contributed by atoms with E-state index in [2.05, 4.69) is 58.3 Å². The molecule has 0 N–H and O–H groups in total. The van der Waals surface area contributed by atoms with Crippen molar-refractivity contribution in [3.63, 3.8) is 0 Å². The minimum Gasteiger partial charge on any atom is -0.610 e. The van der Waals surface area contributed by atoms with Crippen LogP contribution in [0.4, 0.5) is 5.69 Å². The first-order chi connectivity index (χ1) is 13.2. The number of unbranched alkanes of at least 4 members (excludes halogenated alkanes) is 1. The highest BCUT2D eigenvalue weighted by atomic mass is 32.2. The van der Waals surface area contributed by atoms with Crippen LogP contribution in [0.2, 0.25) is 0 Å². The number of benzene rings is 2. The van der Waals surface area contributed by atoms with E-state index in [0.717, 1.165) is 22.9 Å². The van der Waals surface area contributed by atoms with Crippen molar-refractivity contribution in [3.05, 3.63) is 59.7 Å². The van der Waals surface area contributed by atoms with Crippen molar-refractivity contribution in [2.45, 2.75) is 42.9 Å². The van der Waals surface area contributed by atoms with Crippen LogP contribution in [0.25, 0.3) is 0 Å². The molecule has 0 aromatic heterocycles. The number of hydrogen-bond acceptors (Lipinski definition) is 3. The molecule has 3 nitrogen and oxygen atoms in total. The second-order valence-electron chi connectivity index (χ2n) is 7.96. The second-order valence-corrected chi connectivity index (χ2v) is 9.35. The first-order valence-corrected chi connectivity index (χ1v) is 11.5. The summed E-state index contributed by atoms with van der Waals surface area (Å²) in [7, 11) is 2.02. The van der Waals surface area contributed by atoms with E-state index >= 15 is 0 Å². The average molecular weight is 383 g/mol. The molecule has 0 amide bonds. The Morgan fingerprint density at radius 2 is 1.81 bits per heavy atom. The normalized spacial score (nSPS) is 20.8. The number of piperidine rings is 1. The minimum absolute atomic E-state index is 0.637. The van der Waals surface area contributed by atoms with Crippen LogP contribution in [0, 0.1) is 0 Å².